The van der Waals surface area contributed by atoms with Crippen LogP contribution in [0.4, 0.5) is 0 Å². The number of aliphatic carboxylic acids is 1. The molecule has 0 aromatic heterocycles. The molecule has 6 nitrogen and oxygen atoms in total. The fourth-order valence-corrected chi connectivity index (χ4v) is 2.06. The van der Waals surface area contributed by atoms with Gasteiger partial charge in [0.1, 0.15) is 6.04 Å². The summed E-state index contributed by atoms with van der Waals surface area (Å²) in [5, 5.41) is 11.5. The van der Waals surface area contributed by atoms with E-state index in [-0.39, 0.29) is 28.5 Å². The molecule has 0 fully saturated rings. The summed E-state index contributed by atoms with van der Waals surface area (Å²) in [5.41, 5.74) is 4.93. The molecule has 0 saturated heterocycles. The fraction of sp³-hybridized carbons (Fsp3) is 0.250. The number of hydrogen-bond acceptors (Lipinski definition) is 3. The monoisotopic (exact) mass is 318 g/mol. The van der Waals surface area contributed by atoms with Crippen molar-refractivity contribution in [2.24, 2.45) is 5.73 Å². The lowest BCUT2D eigenvalue weighted by Crippen LogP contribution is -2.41. The largest absolute Gasteiger partial charge is 0.480 e. The van der Waals surface area contributed by atoms with Crippen LogP contribution in [0.2, 0.25) is 10.0 Å². The molecule has 0 saturated carbocycles. The van der Waals surface area contributed by atoms with Gasteiger partial charge in [-0.25, -0.2) is 4.79 Å². The van der Waals surface area contributed by atoms with Crippen LogP contribution >= 0.6 is 23.2 Å². The molecular formula is C12H12Cl2N2O4. The van der Waals surface area contributed by atoms with Gasteiger partial charge in [-0.2, -0.15) is 0 Å². The highest BCUT2D eigenvalue weighted by atomic mass is 35.5. The molecular weight excluding hydrogens is 307 g/mol. The van der Waals surface area contributed by atoms with Gasteiger partial charge in [0, 0.05) is 6.42 Å². The molecule has 1 unspecified atom stereocenters. The maximum Gasteiger partial charge on any atom is 0.326 e. The van der Waals surface area contributed by atoms with Crippen molar-refractivity contribution in [2.75, 3.05) is 0 Å². The van der Waals surface area contributed by atoms with Crippen LogP contribution in [0.1, 0.15) is 23.2 Å². The number of carbonyl (C=O) groups excluding carboxylic acids is 2. The first-order chi connectivity index (χ1) is 9.32. The van der Waals surface area contributed by atoms with E-state index in [2.05, 4.69) is 5.32 Å². The van der Waals surface area contributed by atoms with E-state index in [0.29, 0.717) is 0 Å². The Kier molecular flexibility index (Phi) is 5.79. The molecule has 8 heteroatoms. The second kappa shape index (κ2) is 7.12. The summed E-state index contributed by atoms with van der Waals surface area (Å²) in [6, 6.07) is 3.23. The first-order valence-electron chi connectivity index (χ1n) is 5.59. The molecule has 108 valence electrons. The van der Waals surface area contributed by atoms with Gasteiger partial charge < -0.3 is 16.2 Å². The molecule has 0 aliphatic carbocycles. The summed E-state index contributed by atoms with van der Waals surface area (Å²) < 4.78 is 0. The Morgan fingerprint density at radius 3 is 2.25 bits per heavy atom. The van der Waals surface area contributed by atoms with E-state index >= 15 is 0 Å². The third-order valence-electron chi connectivity index (χ3n) is 2.47. The zero-order chi connectivity index (χ0) is 15.3. The van der Waals surface area contributed by atoms with E-state index in [1.54, 1.807) is 6.07 Å². The van der Waals surface area contributed by atoms with E-state index < -0.39 is 23.8 Å². The second-order valence-electron chi connectivity index (χ2n) is 3.97. The average Bonchev–Trinajstić information content (AvgIpc) is 2.33. The van der Waals surface area contributed by atoms with Crippen LogP contribution in [-0.4, -0.2) is 28.9 Å². The normalized spacial score (nSPS) is 11.7. The Morgan fingerprint density at radius 1 is 1.25 bits per heavy atom. The first kappa shape index (κ1) is 16.3. The molecule has 0 spiro atoms. The Balaban J connectivity index is 2.86. The molecule has 0 bridgehead atoms. The summed E-state index contributed by atoms with van der Waals surface area (Å²) in [7, 11) is 0. The molecule has 1 atom stereocenters. The number of rotatable bonds is 6. The number of nitrogens with two attached hydrogens (primary N) is 1. The van der Waals surface area contributed by atoms with Crippen molar-refractivity contribution < 1.29 is 19.5 Å². The van der Waals surface area contributed by atoms with Crippen LogP contribution in [0.15, 0.2) is 18.2 Å². The number of carboxylic acids is 1. The summed E-state index contributed by atoms with van der Waals surface area (Å²) in [5.74, 6) is -2.65. The molecule has 4 N–H and O–H groups in total. The molecule has 1 aromatic carbocycles. The maximum atomic E-state index is 12.0. The molecule has 2 amide bonds. The third-order valence-corrected chi connectivity index (χ3v) is 3.10. The minimum Gasteiger partial charge on any atom is -0.480 e. The Labute approximate surface area is 124 Å². The number of nitrogens with one attached hydrogen (secondary N) is 1. The van der Waals surface area contributed by atoms with Crippen LogP contribution in [0.3, 0.4) is 0 Å². The van der Waals surface area contributed by atoms with Crippen molar-refractivity contribution in [2.45, 2.75) is 18.9 Å². The Morgan fingerprint density at radius 2 is 1.80 bits per heavy atom. The highest BCUT2D eigenvalue weighted by Crippen LogP contribution is 2.24. The van der Waals surface area contributed by atoms with E-state index in [4.69, 9.17) is 34.0 Å². The number of hydrogen-bond donors (Lipinski definition) is 3. The molecule has 0 radical (unpaired) electrons. The fourth-order valence-electron chi connectivity index (χ4n) is 1.49. The average molecular weight is 319 g/mol. The van der Waals surface area contributed by atoms with Crippen molar-refractivity contribution in [3.8, 4) is 0 Å². The van der Waals surface area contributed by atoms with E-state index in [0.717, 1.165) is 0 Å². The Hall–Kier alpha value is -1.79. The van der Waals surface area contributed by atoms with Gasteiger partial charge in [-0.1, -0.05) is 29.3 Å². The highest BCUT2D eigenvalue weighted by molar-refractivity contribution is 6.39. The number of halogens is 2. The standard InChI is InChI=1S/C12H12Cl2N2O4/c13-6-2-1-3-7(14)10(6)11(18)16-8(12(19)20)4-5-9(15)17/h1-3,8H,4-5H2,(H2,15,17)(H,16,18)(H,19,20). The summed E-state index contributed by atoms with van der Waals surface area (Å²) >= 11 is 11.7. The van der Waals surface area contributed by atoms with E-state index in [1.165, 1.54) is 12.1 Å². The summed E-state index contributed by atoms with van der Waals surface area (Å²) in [6.45, 7) is 0. The quantitative estimate of drug-likeness (QED) is 0.737. The number of carboxylic acid groups (broad SMARTS) is 1. The van der Waals surface area contributed by atoms with Crippen molar-refractivity contribution >= 4 is 41.0 Å². The van der Waals surface area contributed by atoms with Gasteiger partial charge in [-0.3, -0.25) is 9.59 Å². The van der Waals surface area contributed by atoms with Crippen LogP contribution in [0.5, 0.6) is 0 Å². The molecule has 0 aliphatic rings. The number of benzene rings is 1. The van der Waals surface area contributed by atoms with Gasteiger partial charge >= 0.3 is 5.97 Å². The van der Waals surface area contributed by atoms with Crippen molar-refractivity contribution in [1.82, 2.24) is 5.32 Å². The first-order valence-corrected chi connectivity index (χ1v) is 6.34. The van der Waals surface area contributed by atoms with Crippen molar-refractivity contribution in [3.63, 3.8) is 0 Å². The van der Waals surface area contributed by atoms with Gasteiger partial charge in [0.15, 0.2) is 0 Å². The minimum atomic E-state index is -1.28. The highest BCUT2D eigenvalue weighted by Gasteiger charge is 2.23. The van der Waals surface area contributed by atoms with Crippen LogP contribution in [0, 0.1) is 0 Å². The predicted molar refractivity (Wildman–Crippen MR) is 73.8 cm³/mol. The maximum absolute atomic E-state index is 12.0. The minimum absolute atomic E-state index is 0.0128. The van der Waals surface area contributed by atoms with Crippen LogP contribution < -0.4 is 11.1 Å². The van der Waals surface area contributed by atoms with Gasteiger partial charge in [0.05, 0.1) is 15.6 Å². The summed E-state index contributed by atoms with van der Waals surface area (Å²) in [6.07, 6.45) is -0.272. The van der Waals surface area contributed by atoms with Gasteiger partial charge in [0.25, 0.3) is 5.91 Å². The number of primary amides is 1. The zero-order valence-electron chi connectivity index (χ0n) is 10.2. The Bertz CT molecular complexity index is 528. The molecule has 1 rings (SSSR count). The smallest absolute Gasteiger partial charge is 0.326 e. The SMILES string of the molecule is NC(=O)CCC(NC(=O)c1c(Cl)cccc1Cl)C(=O)O. The third kappa shape index (κ3) is 4.40. The lowest BCUT2D eigenvalue weighted by Gasteiger charge is -2.15. The lowest BCUT2D eigenvalue weighted by atomic mass is 10.1. The predicted octanol–water partition coefficient (Wildman–Crippen LogP) is 1.44. The molecule has 0 heterocycles. The molecule has 20 heavy (non-hydrogen) atoms. The summed E-state index contributed by atoms with van der Waals surface area (Å²) in [4.78, 5) is 33.7. The molecule has 0 aliphatic heterocycles. The number of amides is 2. The van der Waals surface area contributed by atoms with E-state index in [9.17, 15) is 14.4 Å². The molecule has 1 aromatic rings. The number of carbonyl (C=O) groups is 3. The van der Waals surface area contributed by atoms with Crippen LogP contribution in [0.25, 0.3) is 0 Å². The van der Waals surface area contributed by atoms with E-state index in [1.807, 2.05) is 0 Å². The zero-order valence-corrected chi connectivity index (χ0v) is 11.7. The topological polar surface area (TPSA) is 109 Å². The van der Waals surface area contributed by atoms with Gasteiger partial charge in [0.2, 0.25) is 5.91 Å². The van der Waals surface area contributed by atoms with Gasteiger partial charge in [-0.15, -0.1) is 0 Å². The van der Waals surface area contributed by atoms with Crippen LogP contribution in [-0.2, 0) is 9.59 Å². The van der Waals surface area contributed by atoms with Crippen molar-refractivity contribution in [3.05, 3.63) is 33.8 Å². The second-order valence-corrected chi connectivity index (χ2v) is 4.78. The van der Waals surface area contributed by atoms with Crippen molar-refractivity contribution in [1.29, 1.82) is 0 Å². The lowest BCUT2D eigenvalue weighted by molar-refractivity contribution is -0.139. The van der Waals surface area contributed by atoms with Gasteiger partial charge in [-0.05, 0) is 18.6 Å².